The normalized spacial score (nSPS) is 24.1. The van der Waals surface area contributed by atoms with Gasteiger partial charge in [0, 0.05) is 25.4 Å². The molecule has 2 unspecified atom stereocenters. The summed E-state index contributed by atoms with van der Waals surface area (Å²) in [6.07, 6.45) is 10.9. The zero-order valence-corrected chi connectivity index (χ0v) is 10.8. The van der Waals surface area contributed by atoms with Crippen molar-refractivity contribution in [2.24, 2.45) is 11.7 Å². The van der Waals surface area contributed by atoms with E-state index in [1.165, 1.54) is 12.8 Å². The van der Waals surface area contributed by atoms with Crippen molar-refractivity contribution in [2.75, 3.05) is 13.1 Å². The van der Waals surface area contributed by atoms with E-state index >= 15 is 0 Å². The minimum atomic E-state index is 0.191. The Labute approximate surface area is 105 Å². The Morgan fingerprint density at radius 1 is 1.47 bits per heavy atom. The number of hydrogen-bond donors (Lipinski definition) is 1. The average molecular weight is 236 g/mol. The lowest BCUT2D eigenvalue weighted by atomic mass is 9.83. The van der Waals surface area contributed by atoms with Crippen molar-refractivity contribution in [3.8, 4) is 12.3 Å². The molecule has 1 amide bonds. The number of nitrogens with two attached hydrogens (primary N) is 1. The van der Waals surface area contributed by atoms with E-state index in [1.807, 2.05) is 11.8 Å². The largest absolute Gasteiger partial charge is 0.340 e. The van der Waals surface area contributed by atoms with Crippen molar-refractivity contribution in [2.45, 2.75) is 51.5 Å². The van der Waals surface area contributed by atoms with Gasteiger partial charge in [-0.05, 0) is 32.2 Å². The minimum Gasteiger partial charge on any atom is -0.340 e. The molecule has 0 aromatic rings. The number of carbonyl (C=O) groups is 1. The number of rotatable bonds is 5. The molecule has 1 aliphatic carbocycles. The second-order valence-electron chi connectivity index (χ2n) is 4.73. The quantitative estimate of drug-likeness (QED) is 0.739. The second-order valence-corrected chi connectivity index (χ2v) is 4.73. The number of nitrogens with zero attached hydrogens (tertiary/aromatic N) is 1. The van der Waals surface area contributed by atoms with E-state index in [9.17, 15) is 4.79 Å². The van der Waals surface area contributed by atoms with Crippen molar-refractivity contribution in [3.05, 3.63) is 0 Å². The Kier molecular flexibility index (Phi) is 6.07. The fraction of sp³-hybridized carbons (Fsp3) is 0.786. The molecule has 0 aromatic heterocycles. The van der Waals surface area contributed by atoms with Crippen LogP contribution in [0, 0.1) is 18.3 Å². The van der Waals surface area contributed by atoms with Crippen molar-refractivity contribution in [1.82, 2.24) is 4.90 Å². The monoisotopic (exact) mass is 236 g/mol. The zero-order chi connectivity index (χ0) is 12.7. The van der Waals surface area contributed by atoms with Gasteiger partial charge in [-0.3, -0.25) is 4.79 Å². The molecule has 1 rings (SSSR count). The highest BCUT2D eigenvalue weighted by atomic mass is 16.2. The summed E-state index contributed by atoms with van der Waals surface area (Å²) in [6.45, 7) is 3.49. The third kappa shape index (κ3) is 3.74. The van der Waals surface area contributed by atoms with Gasteiger partial charge in [-0.1, -0.05) is 12.8 Å². The van der Waals surface area contributed by atoms with Gasteiger partial charge in [0.2, 0.25) is 5.91 Å². The van der Waals surface area contributed by atoms with Gasteiger partial charge in [0.05, 0.1) is 0 Å². The molecule has 3 nitrogen and oxygen atoms in total. The molecule has 96 valence electrons. The van der Waals surface area contributed by atoms with E-state index in [4.69, 9.17) is 12.2 Å². The van der Waals surface area contributed by atoms with Gasteiger partial charge in [0.15, 0.2) is 0 Å². The van der Waals surface area contributed by atoms with Crippen LogP contribution in [0.25, 0.3) is 0 Å². The summed E-state index contributed by atoms with van der Waals surface area (Å²) >= 11 is 0. The van der Waals surface area contributed by atoms with Gasteiger partial charge in [0.1, 0.15) is 0 Å². The maximum Gasteiger partial charge on any atom is 0.223 e. The Balaban J connectivity index is 2.64. The minimum absolute atomic E-state index is 0.191. The third-order valence-corrected chi connectivity index (χ3v) is 3.72. The molecule has 0 heterocycles. The fourth-order valence-electron chi connectivity index (χ4n) is 2.79. The molecule has 17 heavy (non-hydrogen) atoms. The zero-order valence-electron chi connectivity index (χ0n) is 10.8. The molecule has 0 saturated heterocycles. The van der Waals surface area contributed by atoms with E-state index in [0.29, 0.717) is 31.3 Å². The molecule has 1 fully saturated rings. The first kappa shape index (κ1) is 14.1. The molecule has 2 atom stereocenters. The van der Waals surface area contributed by atoms with Gasteiger partial charge in [-0.15, -0.1) is 12.3 Å². The molecular formula is C14H24N2O. The van der Waals surface area contributed by atoms with Crippen LogP contribution < -0.4 is 5.73 Å². The molecule has 3 heteroatoms. The molecule has 2 N–H and O–H groups in total. The van der Waals surface area contributed by atoms with Crippen molar-refractivity contribution in [1.29, 1.82) is 0 Å². The number of amides is 1. The molecule has 0 spiro atoms. The summed E-state index contributed by atoms with van der Waals surface area (Å²) in [5.41, 5.74) is 5.82. The van der Waals surface area contributed by atoms with Gasteiger partial charge in [-0.25, -0.2) is 0 Å². The van der Waals surface area contributed by atoms with Crippen LogP contribution in [0.2, 0.25) is 0 Å². The summed E-state index contributed by atoms with van der Waals surface area (Å²) in [5, 5.41) is 0. The first-order valence-electron chi connectivity index (χ1n) is 6.67. The third-order valence-electron chi connectivity index (χ3n) is 3.72. The molecule has 1 saturated carbocycles. The lowest BCUT2D eigenvalue weighted by Gasteiger charge is -2.39. The van der Waals surface area contributed by atoms with E-state index in [0.717, 1.165) is 19.4 Å². The highest BCUT2D eigenvalue weighted by molar-refractivity contribution is 5.76. The van der Waals surface area contributed by atoms with Gasteiger partial charge >= 0.3 is 0 Å². The van der Waals surface area contributed by atoms with Crippen molar-refractivity contribution in [3.63, 3.8) is 0 Å². The standard InChI is InChI=1S/C14H24N2O/c1-3-5-10-14(17)16(4-2)13-9-7-6-8-12(13)11-15/h1,12-13H,4-11,15H2,2H3. The first-order chi connectivity index (χ1) is 8.24. The average Bonchev–Trinajstić information content (AvgIpc) is 2.37. The van der Waals surface area contributed by atoms with Crippen LogP contribution >= 0.6 is 0 Å². The Morgan fingerprint density at radius 2 is 2.18 bits per heavy atom. The van der Waals surface area contributed by atoms with Crippen LogP contribution in [0.3, 0.4) is 0 Å². The van der Waals surface area contributed by atoms with Crippen molar-refractivity contribution >= 4 is 5.91 Å². The molecule has 1 aliphatic rings. The molecule has 0 bridgehead atoms. The van der Waals surface area contributed by atoms with Crippen LogP contribution in [0.5, 0.6) is 0 Å². The lowest BCUT2D eigenvalue weighted by molar-refractivity contribution is -0.135. The smallest absolute Gasteiger partial charge is 0.223 e. The summed E-state index contributed by atoms with van der Waals surface area (Å²) in [5.74, 6) is 3.19. The summed E-state index contributed by atoms with van der Waals surface area (Å²) in [4.78, 5) is 14.1. The van der Waals surface area contributed by atoms with Gasteiger partial charge in [0.25, 0.3) is 0 Å². The van der Waals surface area contributed by atoms with E-state index in [2.05, 4.69) is 5.92 Å². The van der Waals surface area contributed by atoms with Crippen LogP contribution in [0.1, 0.15) is 45.4 Å². The summed E-state index contributed by atoms with van der Waals surface area (Å²) in [7, 11) is 0. The predicted octanol–water partition coefficient (Wildman–Crippen LogP) is 1.77. The van der Waals surface area contributed by atoms with Crippen LogP contribution in [-0.4, -0.2) is 29.9 Å². The topological polar surface area (TPSA) is 46.3 Å². The first-order valence-corrected chi connectivity index (χ1v) is 6.67. The number of hydrogen-bond acceptors (Lipinski definition) is 2. The number of carbonyl (C=O) groups excluding carboxylic acids is 1. The molecule has 0 aliphatic heterocycles. The second kappa shape index (κ2) is 7.34. The van der Waals surface area contributed by atoms with Gasteiger partial charge < -0.3 is 10.6 Å². The molecule has 0 radical (unpaired) electrons. The van der Waals surface area contributed by atoms with E-state index in [1.54, 1.807) is 0 Å². The maximum absolute atomic E-state index is 12.1. The Morgan fingerprint density at radius 3 is 2.76 bits per heavy atom. The number of terminal acetylenes is 1. The molecular weight excluding hydrogens is 212 g/mol. The SMILES string of the molecule is C#CCCC(=O)N(CC)C1CCCCC1CN. The highest BCUT2D eigenvalue weighted by Gasteiger charge is 2.30. The Hall–Kier alpha value is -1.01. The Bertz CT molecular complexity index is 282. The van der Waals surface area contributed by atoms with Crippen LogP contribution in [0.15, 0.2) is 0 Å². The predicted molar refractivity (Wildman–Crippen MR) is 70.3 cm³/mol. The summed E-state index contributed by atoms with van der Waals surface area (Å²) in [6, 6.07) is 0.337. The van der Waals surface area contributed by atoms with E-state index < -0.39 is 0 Å². The summed E-state index contributed by atoms with van der Waals surface area (Å²) < 4.78 is 0. The fourth-order valence-corrected chi connectivity index (χ4v) is 2.79. The van der Waals surface area contributed by atoms with Crippen LogP contribution in [0.4, 0.5) is 0 Å². The lowest BCUT2D eigenvalue weighted by Crippen LogP contribution is -2.47. The van der Waals surface area contributed by atoms with Crippen molar-refractivity contribution < 1.29 is 4.79 Å². The van der Waals surface area contributed by atoms with Gasteiger partial charge in [-0.2, -0.15) is 0 Å². The molecule has 0 aromatic carbocycles. The maximum atomic E-state index is 12.1. The highest BCUT2D eigenvalue weighted by Crippen LogP contribution is 2.28. The van der Waals surface area contributed by atoms with Crippen LogP contribution in [-0.2, 0) is 4.79 Å². The van der Waals surface area contributed by atoms with E-state index in [-0.39, 0.29) is 5.91 Å².